The number of fused-ring (bicyclic) bond motifs is 2. The molecule has 9 nitrogen and oxygen atoms in total. The smallest absolute Gasteiger partial charge is 0.237 e. The molecule has 2 heterocycles. The highest BCUT2D eigenvalue weighted by Crippen LogP contribution is 2.44. The Kier molecular flexibility index (Phi) is 8.05. The maximum Gasteiger partial charge on any atom is 0.237 e. The number of benzene rings is 3. The molecule has 7 rings (SSSR count). The average molecular weight is 654 g/mol. The van der Waals surface area contributed by atoms with E-state index in [0.717, 1.165) is 36.1 Å². The van der Waals surface area contributed by atoms with Crippen molar-refractivity contribution in [2.24, 2.45) is 5.92 Å². The first-order valence-electron chi connectivity index (χ1n) is 15.2. The van der Waals surface area contributed by atoms with Gasteiger partial charge in [-0.05, 0) is 85.5 Å². The summed E-state index contributed by atoms with van der Waals surface area (Å²) in [5.74, 6) is -0.00619. The predicted molar refractivity (Wildman–Crippen MR) is 168 cm³/mol. The van der Waals surface area contributed by atoms with Crippen LogP contribution in [0.2, 0.25) is 5.02 Å². The summed E-state index contributed by atoms with van der Waals surface area (Å²) < 4.78 is 54.0. The van der Waals surface area contributed by atoms with Crippen LogP contribution in [0.25, 0.3) is 33.7 Å². The minimum Gasteiger partial charge on any atom is -0.491 e. The van der Waals surface area contributed by atoms with Crippen molar-refractivity contribution in [1.29, 1.82) is 0 Å². The van der Waals surface area contributed by atoms with E-state index < -0.39 is 27.0 Å². The number of aliphatic hydroxyl groups excluding tert-OH is 1. The Bertz CT molecular complexity index is 1890. The average Bonchev–Trinajstić information content (AvgIpc) is 3.44. The predicted octanol–water partition coefficient (Wildman–Crippen LogP) is 5.63. The molecular formula is C33H33ClFN3O6S. The van der Waals surface area contributed by atoms with Gasteiger partial charge >= 0.3 is 0 Å². The largest absolute Gasteiger partial charge is 0.491 e. The molecule has 1 aromatic heterocycles. The molecule has 45 heavy (non-hydrogen) atoms. The summed E-state index contributed by atoms with van der Waals surface area (Å²) in [6, 6.07) is 14.8. The first-order valence-corrected chi connectivity index (χ1v) is 17.2. The van der Waals surface area contributed by atoms with E-state index in [4.69, 9.17) is 25.9 Å². The van der Waals surface area contributed by atoms with Gasteiger partial charge in [0.15, 0.2) is 11.4 Å². The summed E-state index contributed by atoms with van der Waals surface area (Å²) in [6.45, 7) is 1.47. The van der Waals surface area contributed by atoms with E-state index in [-0.39, 0.29) is 43.1 Å². The van der Waals surface area contributed by atoms with Gasteiger partial charge in [0, 0.05) is 24.6 Å². The summed E-state index contributed by atoms with van der Waals surface area (Å²) in [5, 5.41) is 9.06. The zero-order valence-corrected chi connectivity index (χ0v) is 26.0. The number of nitrogens with zero attached hydrogens (tertiary/aromatic N) is 2. The zero-order chi connectivity index (χ0) is 31.3. The van der Waals surface area contributed by atoms with Crippen LogP contribution in [0.1, 0.15) is 49.3 Å². The van der Waals surface area contributed by atoms with Crippen LogP contribution in [0.3, 0.4) is 0 Å². The highest BCUT2D eigenvalue weighted by Gasteiger charge is 2.39. The van der Waals surface area contributed by atoms with E-state index in [1.54, 1.807) is 12.1 Å². The van der Waals surface area contributed by atoms with Gasteiger partial charge in [-0.25, -0.2) is 17.8 Å². The molecule has 236 valence electrons. The maximum absolute atomic E-state index is 15.9. The van der Waals surface area contributed by atoms with Crippen LogP contribution in [0.15, 0.2) is 52.9 Å². The third-order valence-electron chi connectivity index (χ3n) is 8.97. The highest BCUT2D eigenvalue weighted by molar-refractivity contribution is 7.90. The van der Waals surface area contributed by atoms with Crippen molar-refractivity contribution >= 4 is 38.6 Å². The van der Waals surface area contributed by atoms with Gasteiger partial charge in [-0.2, -0.15) is 0 Å². The second-order valence-corrected chi connectivity index (χ2v) is 14.4. The lowest BCUT2D eigenvalue weighted by molar-refractivity contribution is -0.120. The summed E-state index contributed by atoms with van der Waals surface area (Å²) in [4.78, 5) is 19.4. The number of nitrogens with one attached hydrogen (secondary N) is 1. The van der Waals surface area contributed by atoms with Crippen molar-refractivity contribution < 1.29 is 31.9 Å². The summed E-state index contributed by atoms with van der Waals surface area (Å²) in [5.41, 5.74) is 4.08. The van der Waals surface area contributed by atoms with E-state index in [0.29, 0.717) is 53.2 Å². The number of sulfonamides is 1. The van der Waals surface area contributed by atoms with Crippen molar-refractivity contribution in [3.05, 3.63) is 70.5 Å². The lowest BCUT2D eigenvalue weighted by Gasteiger charge is -2.25. The Morgan fingerprint density at radius 3 is 2.73 bits per heavy atom. The van der Waals surface area contributed by atoms with Crippen LogP contribution in [0.5, 0.6) is 5.75 Å². The molecule has 4 aromatic rings. The van der Waals surface area contributed by atoms with Crippen LogP contribution < -0.4 is 9.46 Å². The number of likely N-dealkylation sites (tertiary alicyclic amines) is 1. The van der Waals surface area contributed by atoms with Gasteiger partial charge in [-0.3, -0.25) is 14.4 Å². The second-order valence-electron chi connectivity index (χ2n) is 12.1. The van der Waals surface area contributed by atoms with E-state index in [2.05, 4.69) is 14.6 Å². The number of halogens is 2. The molecule has 0 radical (unpaired) electrons. The Labute approximate surface area is 265 Å². The Hall–Kier alpha value is -3.51. The minimum absolute atomic E-state index is 0.0189. The van der Waals surface area contributed by atoms with Crippen LogP contribution in [0, 0.1) is 11.7 Å². The molecule has 12 heteroatoms. The molecule has 2 aliphatic carbocycles. The van der Waals surface area contributed by atoms with Crippen molar-refractivity contribution in [1.82, 2.24) is 14.6 Å². The van der Waals surface area contributed by atoms with Crippen molar-refractivity contribution in [3.63, 3.8) is 0 Å². The summed E-state index contributed by atoms with van der Waals surface area (Å²) in [6.07, 6.45) is 3.44. The third-order valence-corrected chi connectivity index (χ3v) is 11.2. The molecule has 3 aromatic carbocycles. The Morgan fingerprint density at radius 1 is 1.13 bits per heavy atom. The van der Waals surface area contributed by atoms with Crippen molar-refractivity contribution in [3.8, 4) is 28.3 Å². The number of aromatic nitrogens is 1. The quantitative estimate of drug-likeness (QED) is 0.226. The second kappa shape index (κ2) is 12.0. The Morgan fingerprint density at radius 2 is 1.93 bits per heavy atom. The van der Waals surface area contributed by atoms with Crippen molar-refractivity contribution in [2.45, 2.75) is 49.8 Å². The number of ether oxygens (including phenoxy) is 1. The standard InChI is InChI=1S/C33H33ClFN3O6S/c34-30-23(20-3-1-4-21(16-20)43-14-13-39)5-2-6-25(30)33-36-27-17-26-24(31(35)32(27)44-33)9-10-28(26)38-12-11-19(18-38)15-29(40)37-45(41,42)22-7-8-22/h1-6,16-17,19,22,28,39H,7-15,18H2,(H,37,40)/t19-,28+/m0/s1. The number of aliphatic hydroxyl groups is 1. The lowest BCUT2D eigenvalue weighted by Crippen LogP contribution is -2.34. The van der Waals surface area contributed by atoms with Gasteiger partial charge < -0.3 is 14.3 Å². The molecule has 1 saturated carbocycles. The Balaban J connectivity index is 1.11. The normalized spacial score (nSPS) is 20.1. The molecule has 1 aliphatic heterocycles. The van der Waals surface area contributed by atoms with Gasteiger partial charge in [0.25, 0.3) is 0 Å². The van der Waals surface area contributed by atoms with E-state index in [1.165, 1.54) is 0 Å². The number of hydrogen-bond acceptors (Lipinski definition) is 8. The van der Waals surface area contributed by atoms with E-state index in [1.807, 2.05) is 36.4 Å². The molecule has 3 aliphatic rings. The van der Waals surface area contributed by atoms with Crippen molar-refractivity contribution in [2.75, 3.05) is 26.3 Å². The first kappa shape index (κ1) is 30.2. The van der Waals surface area contributed by atoms with Crippen LogP contribution in [-0.2, 0) is 21.2 Å². The zero-order valence-electron chi connectivity index (χ0n) is 24.5. The lowest BCUT2D eigenvalue weighted by atomic mass is 10.0. The minimum atomic E-state index is -3.56. The number of hydrogen-bond donors (Lipinski definition) is 2. The fourth-order valence-corrected chi connectivity index (χ4v) is 8.28. The molecule has 0 bridgehead atoms. The van der Waals surface area contributed by atoms with Crippen LogP contribution in [0.4, 0.5) is 4.39 Å². The molecule has 2 N–H and O–H groups in total. The number of amides is 1. The molecular weight excluding hydrogens is 621 g/mol. The fraction of sp³-hybridized carbons (Fsp3) is 0.394. The molecule has 0 unspecified atom stereocenters. The number of carbonyl (C=O) groups is 1. The topological polar surface area (TPSA) is 122 Å². The van der Waals surface area contributed by atoms with Gasteiger partial charge in [0.1, 0.15) is 17.9 Å². The molecule has 2 fully saturated rings. The van der Waals surface area contributed by atoms with E-state index >= 15 is 4.39 Å². The maximum atomic E-state index is 15.9. The molecule has 0 spiro atoms. The number of oxazole rings is 1. The molecule has 1 saturated heterocycles. The summed E-state index contributed by atoms with van der Waals surface area (Å²) in [7, 11) is -3.56. The van der Waals surface area contributed by atoms with Crippen LogP contribution >= 0.6 is 11.6 Å². The third kappa shape index (κ3) is 5.94. The molecule has 1 amide bonds. The van der Waals surface area contributed by atoms with Gasteiger partial charge in [0.05, 0.1) is 22.4 Å². The monoisotopic (exact) mass is 653 g/mol. The van der Waals surface area contributed by atoms with Gasteiger partial charge in [-0.1, -0.05) is 35.9 Å². The van der Waals surface area contributed by atoms with Gasteiger partial charge in [0.2, 0.25) is 21.8 Å². The SMILES string of the molecule is O=C(C[C@@H]1CCN([C@@H]2CCc3c2cc2nc(-c4cccc(-c5cccc(OCCO)c5)c4Cl)oc2c3F)C1)NS(=O)(=O)C1CC1. The first-order chi connectivity index (χ1) is 21.7. The number of carbonyl (C=O) groups excluding carboxylic acids is 1. The van der Waals surface area contributed by atoms with Gasteiger partial charge in [-0.15, -0.1) is 0 Å². The number of rotatable bonds is 10. The molecule has 2 atom stereocenters. The fourth-order valence-electron chi connectivity index (χ4n) is 6.64. The van der Waals surface area contributed by atoms with Crippen LogP contribution in [-0.4, -0.2) is 60.9 Å². The highest BCUT2D eigenvalue weighted by atomic mass is 35.5. The summed E-state index contributed by atoms with van der Waals surface area (Å²) >= 11 is 6.87. The van der Waals surface area contributed by atoms with E-state index in [9.17, 15) is 13.2 Å².